The van der Waals surface area contributed by atoms with Crippen LogP contribution >= 0.6 is 11.8 Å². The van der Waals surface area contributed by atoms with Crippen LogP contribution in [-0.4, -0.2) is 28.3 Å². The Hall–Kier alpha value is -2.61. The summed E-state index contributed by atoms with van der Waals surface area (Å²) in [5.74, 6) is 0.333. The zero-order valence-corrected chi connectivity index (χ0v) is 12.9. The van der Waals surface area contributed by atoms with Gasteiger partial charge in [0.05, 0.1) is 24.7 Å². The van der Waals surface area contributed by atoms with E-state index in [1.54, 1.807) is 24.3 Å². The van der Waals surface area contributed by atoms with E-state index in [2.05, 4.69) is 19.9 Å². The number of hydrogen-bond acceptors (Lipinski definition) is 6. The average Bonchev–Trinajstić information content (AvgIpc) is 3.21. The van der Waals surface area contributed by atoms with Gasteiger partial charge in [0.1, 0.15) is 17.1 Å². The van der Waals surface area contributed by atoms with Gasteiger partial charge >= 0.3 is 5.97 Å². The molecule has 23 heavy (non-hydrogen) atoms. The molecule has 0 amide bonds. The summed E-state index contributed by atoms with van der Waals surface area (Å²) in [6.07, 6.45) is 1.42. The molecule has 0 aliphatic heterocycles. The van der Waals surface area contributed by atoms with E-state index >= 15 is 0 Å². The van der Waals surface area contributed by atoms with E-state index in [1.807, 2.05) is 0 Å². The molecule has 6 nitrogen and oxygen atoms in total. The normalized spacial score (nSPS) is 10.7. The van der Waals surface area contributed by atoms with Crippen molar-refractivity contribution in [3.63, 3.8) is 0 Å². The van der Waals surface area contributed by atoms with Gasteiger partial charge in [-0.15, -0.1) is 5.10 Å². The number of esters is 1. The van der Waals surface area contributed by atoms with Gasteiger partial charge in [-0.1, -0.05) is 23.9 Å². The Balaban J connectivity index is 1.72. The van der Waals surface area contributed by atoms with Crippen molar-refractivity contribution in [2.24, 2.45) is 0 Å². The van der Waals surface area contributed by atoms with Crippen molar-refractivity contribution in [1.29, 1.82) is 0 Å². The van der Waals surface area contributed by atoms with Gasteiger partial charge in [-0.25, -0.2) is 14.2 Å². The molecule has 0 radical (unpaired) electrons. The number of furan rings is 1. The number of aromatic amines is 1. The monoisotopic (exact) mass is 333 g/mol. The molecule has 118 valence electrons. The maximum atomic E-state index is 13.7. The van der Waals surface area contributed by atoms with E-state index in [0.29, 0.717) is 33.6 Å². The van der Waals surface area contributed by atoms with Gasteiger partial charge in [-0.3, -0.25) is 5.10 Å². The number of carbonyl (C=O) groups excluding carboxylic acids is 1. The molecule has 0 unspecified atom stereocenters. The van der Waals surface area contributed by atoms with Crippen LogP contribution in [0, 0.1) is 5.82 Å². The molecule has 0 saturated heterocycles. The standard InChI is InChI=1S/C15H12FN3O3S/c1-21-14(20)10-6-7-22-12(10)8-23-15-17-13(18-19-15)9-4-2-3-5-11(9)16/h2-7H,8H2,1H3,(H,17,18,19). The molecular weight excluding hydrogens is 321 g/mol. The maximum absolute atomic E-state index is 13.7. The Morgan fingerprint density at radius 1 is 1.39 bits per heavy atom. The predicted molar refractivity (Wildman–Crippen MR) is 81.4 cm³/mol. The summed E-state index contributed by atoms with van der Waals surface area (Å²) in [6, 6.07) is 7.85. The number of hydrogen-bond donors (Lipinski definition) is 1. The first-order valence-electron chi connectivity index (χ1n) is 6.64. The molecule has 0 fully saturated rings. The lowest BCUT2D eigenvalue weighted by atomic mass is 10.2. The van der Waals surface area contributed by atoms with Crippen LogP contribution in [0.25, 0.3) is 11.4 Å². The topological polar surface area (TPSA) is 81.0 Å². The lowest BCUT2D eigenvalue weighted by Crippen LogP contribution is -2.02. The summed E-state index contributed by atoms with van der Waals surface area (Å²) in [6.45, 7) is 0. The molecule has 0 atom stereocenters. The van der Waals surface area contributed by atoms with Crippen molar-refractivity contribution in [2.75, 3.05) is 7.11 Å². The molecule has 0 aliphatic carbocycles. The Labute approximate surface area is 135 Å². The summed E-state index contributed by atoms with van der Waals surface area (Å²) < 4.78 is 23.7. The zero-order valence-electron chi connectivity index (χ0n) is 12.1. The second-order valence-electron chi connectivity index (χ2n) is 4.48. The molecule has 0 aliphatic rings. The van der Waals surface area contributed by atoms with Crippen LogP contribution in [0.2, 0.25) is 0 Å². The van der Waals surface area contributed by atoms with E-state index in [4.69, 9.17) is 4.42 Å². The Bertz CT molecular complexity index is 831. The number of methoxy groups -OCH3 is 1. The third-order valence-electron chi connectivity index (χ3n) is 3.08. The van der Waals surface area contributed by atoms with Gasteiger partial charge in [-0.05, 0) is 18.2 Å². The minimum atomic E-state index is -0.462. The average molecular weight is 333 g/mol. The highest BCUT2D eigenvalue weighted by atomic mass is 32.2. The minimum absolute atomic E-state index is 0.346. The molecule has 1 aromatic carbocycles. The molecule has 1 N–H and O–H groups in total. The first kappa shape index (κ1) is 15.3. The molecule has 2 aromatic heterocycles. The fourth-order valence-electron chi connectivity index (χ4n) is 1.96. The summed E-state index contributed by atoms with van der Waals surface area (Å²) in [5, 5.41) is 7.15. The number of benzene rings is 1. The quantitative estimate of drug-likeness (QED) is 0.570. The first-order chi connectivity index (χ1) is 11.2. The summed E-state index contributed by atoms with van der Waals surface area (Å²) in [5.41, 5.74) is 0.713. The van der Waals surface area contributed by atoms with Crippen LogP contribution in [0.15, 0.2) is 46.2 Å². The highest BCUT2D eigenvalue weighted by Crippen LogP contribution is 2.25. The number of nitrogens with zero attached hydrogens (tertiary/aromatic N) is 2. The highest BCUT2D eigenvalue weighted by molar-refractivity contribution is 7.98. The van der Waals surface area contributed by atoms with Crippen molar-refractivity contribution < 1.29 is 18.3 Å². The molecular formula is C15H12FN3O3S. The van der Waals surface area contributed by atoms with Crippen LogP contribution < -0.4 is 0 Å². The number of aromatic nitrogens is 3. The van der Waals surface area contributed by atoms with E-state index in [9.17, 15) is 9.18 Å². The van der Waals surface area contributed by atoms with Crippen molar-refractivity contribution in [1.82, 2.24) is 15.2 Å². The van der Waals surface area contributed by atoms with E-state index in [1.165, 1.54) is 31.2 Å². The Morgan fingerprint density at radius 3 is 3.00 bits per heavy atom. The largest absolute Gasteiger partial charge is 0.468 e. The fourth-order valence-corrected chi connectivity index (χ4v) is 2.71. The first-order valence-corrected chi connectivity index (χ1v) is 7.62. The Morgan fingerprint density at radius 2 is 2.22 bits per heavy atom. The number of halogens is 1. The molecule has 3 aromatic rings. The SMILES string of the molecule is COC(=O)c1ccoc1CSc1n[nH]c(-c2ccccc2F)n1. The Kier molecular flexibility index (Phi) is 4.42. The van der Waals surface area contributed by atoms with Gasteiger partial charge in [0, 0.05) is 0 Å². The van der Waals surface area contributed by atoms with Crippen LogP contribution in [0.5, 0.6) is 0 Å². The number of rotatable bonds is 5. The van der Waals surface area contributed by atoms with Gasteiger partial charge in [0.2, 0.25) is 5.16 Å². The van der Waals surface area contributed by atoms with E-state index < -0.39 is 5.97 Å². The molecule has 3 rings (SSSR count). The lowest BCUT2D eigenvalue weighted by molar-refractivity contribution is 0.0598. The number of nitrogens with one attached hydrogen (secondary N) is 1. The molecule has 2 heterocycles. The summed E-state index contributed by atoms with van der Waals surface area (Å²) in [7, 11) is 1.31. The number of thioether (sulfide) groups is 1. The lowest BCUT2D eigenvalue weighted by Gasteiger charge is -1.99. The molecule has 0 spiro atoms. The third-order valence-corrected chi connectivity index (χ3v) is 3.92. The molecule has 0 bridgehead atoms. The van der Waals surface area contributed by atoms with E-state index in [0.717, 1.165) is 0 Å². The second kappa shape index (κ2) is 6.66. The second-order valence-corrected chi connectivity index (χ2v) is 5.43. The van der Waals surface area contributed by atoms with Crippen LogP contribution in [0.3, 0.4) is 0 Å². The number of carbonyl (C=O) groups is 1. The number of ether oxygens (including phenoxy) is 1. The van der Waals surface area contributed by atoms with Gasteiger partial charge in [0.25, 0.3) is 0 Å². The van der Waals surface area contributed by atoms with Crippen molar-refractivity contribution in [3.8, 4) is 11.4 Å². The van der Waals surface area contributed by atoms with Crippen molar-refractivity contribution >= 4 is 17.7 Å². The summed E-state index contributed by atoms with van der Waals surface area (Å²) in [4.78, 5) is 15.8. The van der Waals surface area contributed by atoms with Gasteiger partial charge < -0.3 is 9.15 Å². The highest BCUT2D eigenvalue weighted by Gasteiger charge is 2.16. The van der Waals surface area contributed by atoms with Crippen LogP contribution in [0.1, 0.15) is 16.1 Å². The van der Waals surface area contributed by atoms with Crippen LogP contribution in [0.4, 0.5) is 4.39 Å². The third kappa shape index (κ3) is 3.26. The molecule has 8 heteroatoms. The van der Waals surface area contributed by atoms with Gasteiger partial charge in [0.15, 0.2) is 5.82 Å². The smallest absolute Gasteiger partial charge is 0.341 e. The maximum Gasteiger partial charge on any atom is 0.341 e. The van der Waals surface area contributed by atoms with Gasteiger partial charge in [-0.2, -0.15) is 0 Å². The predicted octanol–water partition coefficient (Wildman–Crippen LogP) is 3.28. The number of H-pyrrole nitrogens is 1. The fraction of sp³-hybridized carbons (Fsp3) is 0.133. The molecule has 0 saturated carbocycles. The van der Waals surface area contributed by atoms with E-state index in [-0.39, 0.29) is 5.82 Å². The van der Waals surface area contributed by atoms with Crippen molar-refractivity contribution in [3.05, 3.63) is 53.7 Å². The summed E-state index contributed by atoms with van der Waals surface area (Å²) >= 11 is 1.26. The zero-order chi connectivity index (χ0) is 16.2. The minimum Gasteiger partial charge on any atom is -0.468 e. The van der Waals surface area contributed by atoms with Crippen molar-refractivity contribution in [2.45, 2.75) is 10.9 Å². The van der Waals surface area contributed by atoms with Crippen LogP contribution in [-0.2, 0) is 10.5 Å².